The number of anilines is 1. The van der Waals surface area contributed by atoms with Gasteiger partial charge in [-0.15, -0.1) is 0 Å². The van der Waals surface area contributed by atoms with Gasteiger partial charge in [-0.3, -0.25) is 0 Å². The molecule has 0 amide bonds. The Bertz CT molecular complexity index is 634. The summed E-state index contributed by atoms with van der Waals surface area (Å²) in [5, 5.41) is 3.96. The molecule has 0 spiro atoms. The molecule has 2 heterocycles. The van der Waals surface area contributed by atoms with Gasteiger partial charge >= 0.3 is 6.18 Å². The highest BCUT2D eigenvalue weighted by atomic mass is 35.5. The van der Waals surface area contributed by atoms with E-state index in [2.05, 4.69) is 10.1 Å². The first-order chi connectivity index (χ1) is 8.71. The normalized spacial score (nSPS) is 11.9. The third kappa shape index (κ3) is 2.37. The van der Waals surface area contributed by atoms with E-state index in [1.54, 1.807) is 13.8 Å². The van der Waals surface area contributed by atoms with Crippen LogP contribution in [0, 0.1) is 13.8 Å². The molecule has 0 unspecified atom stereocenters. The largest absolute Gasteiger partial charge is 0.417 e. The number of nitrogens with two attached hydrogens (primary N) is 1. The molecule has 0 bridgehead atoms. The fraction of sp³-hybridized carbons (Fsp3) is 0.273. The van der Waals surface area contributed by atoms with Crippen LogP contribution in [0.3, 0.4) is 0 Å². The van der Waals surface area contributed by atoms with E-state index in [1.165, 1.54) is 4.68 Å². The highest BCUT2D eigenvalue weighted by molar-refractivity contribution is 6.32. The molecule has 102 valence electrons. The topological polar surface area (TPSA) is 56.7 Å². The van der Waals surface area contributed by atoms with Crippen molar-refractivity contribution in [1.82, 2.24) is 14.8 Å². The number of halogens is 4. The zero-order chi connectivity index (χ0) is 14.4. The molecular formula is C11H10ClF3N4. The number of nitrogens with zero attached hydrogens (tertiary/aromatic N) is 3. The lowest BCUT2D eigenvalue weighted by atomic mass is 10.2. The van der Waals surface area contributed by atoms with Crippen LogP contribution in [0.25, 0.3) is 5.82 Å². The second kappa shape index (κ2) is 4.41. The molecule has 0 radical (unpaired) electrons. The first kappa shape index (κ1) is 13.7. The summed E-state index contributed by atoms with van der Waals surface area (Å²) in [6.45, 7) is 3.38. The maximum absolute atomic E-state index is 12.5. The zero-order valence-corrected chi connectivity index (χ0v) is 10.8. The molecule has 0 aliphatic carbocycles. The average molecular weight is 291 g/mol. The van der Waals surface area contributed by atoms with Gasteiger partial charge < -0.3 is 5.73 Å². The van der Waals surface area contributed by atoms with Crippen LogP contribution < -0.4 is 5.73 Å². The van der Waals surface area contributed by atoms with Gasteiger partial charge in [-0.2, -0.15) is 18.3 Å². The van der Waals surface area contributed by atoms with Crippen LogP contribution in [-0.4, -0.2) is 14.8 Å². The number of aromatic nitrogens is 3. The first-order valence-corrected chi connectivity index (χ1v) is 5.64. The van der Waals surface area contributed by atoms with Crippen LogP contribution in [0.15, 0.2) is 12.3 Å². The van der Waals surface area contributed by atoms with E-state index in [0.29, 0.717) is 23.3 Å². The number of nitrogen functional groups attached to an aromatic ring is 1. The van der Waals surface area contributed by atoms with E-state index in [-0.39, 0.29) is 10.8 Å². The van der Waals surface area contributed by atoms with Crippen molar-refractivity contribution in [3.05, 3.63) is 34.2 Å². The Morgan fingerprint density at radius 1 is 1.32 bits per heavy atom. The summed E-state index contributed by atoms with van der Waals surface area (Å²) in [5.74, 6) is 0.118. The Labute approximate surface area is 112 Å². The van der Waals surface area contributed by atoms with Gasteiger partial charge in [-0.05, 0) is 19.9 Å². The number of hydrogen-bond donors (Lipinski definition) is 1. The van der Waals surface area contributed by atoms with E-state index < -0.39 is 11.7 Å². The second-order valence-corrected chi connectivity index (χ2v) is 4.43. The molecule has 2 rings (SSSR count). The molecule has 0 saturated heterocycles. The van der Waals surface area contributed by atoms with Gasteiger partial charge in [-0.25, -0.2) is 9.67 Å². The minimum atomic E-state index is -4.48. The maximum atomic E-state index is 12.5. The minimum Gasteiger partial charge on any atom is -0.396 e. The second-order valence-electron chi connectivity index (χ2n) is 4.02. The van der Waals surface area contributed by atoms with Crippen molar-refractivity contribution in [3.8, 4) is 5.82 Å². The predicted molar refractivity (Wildman–Crippen MR) is 65.3 cm³/mol. The summed E-state index contributed by atoms with van der Waals surface area (Å²) in [5.41, 5.74) is 6.45. The van der Waals surface area contributed by atoms with Gasteiger partial charge in [0.25, 0.3) is 0 Å². The Hall–Kier alpha value is -1.76. The summed E-state index contributed by atoms with van der Waals surface area (Å²) in [4.78, 5) is 3.72. The van der Waals surface area contributed by atoms with Gasteiger partial charge in [0.05, 0.1) is 27.7 Å². The fourth-order valence-electron chi connectivity index (χ4n) is 1.60. The first-order valence-electron chi connectivity index (χ1n) is 5.26. The van der Waals surface area contributed by atoms with Crippen molar-refractivity contribution in [1.29, 1.82) is 0 Å². The summed E-state index contributed by atoms with van der Waals surface area (Å²) in [7, 11) is 0. The van der Waals surface area contributed by atoms with Gasteiger partial charge in [0.2, 0.25) is 0 Å². The molecule has 0 aromatic carbocycles. The Balaban J connectivity index is 2.55. The van der Waals surface area contributed by atoms with Gasteiger partial charge in [-0.1, -0.05) is 11.6 Å². The molecule has 0 aliphatic rings. The van der Waals surface area contributed by atoms with E-state index in [9.17, 15) is 13.2 Å². The Morgan fingerprint density at radius 3 is 2.37 bits per heavy atom. The number of pyridine rings is 1. The zero-order valence-electron chi connectivity index (χ0n) is 10.1. The Kier molecular flexibility index (Phi) is 3.17. The summed E-state index contributed by atoms with van der Waals surface area (Å²) in [6, 6.07) is 0.816. The molecule has 2 N–H and O–H groups in total. The molecule has 2 aromatic rings. The molecule has 4 nitrogen and oxygen atoms in total. The van der Waals surface area contributed by atoms with Gasteiger partial charge in [0.15, 0.2) is 5.82 Å². The van der Waals surface area contributed by atoms with Crippen LogP contribution in [0.4, 0.5) is 18.9 Å². The minimum absolute atomic E-state index is 0.118. The molecule has 2 aromatic heterocycles. The molecule has 0 atom stereocenters. The fourth-order valence-corrected chi connectivity index (χ4v) is 1.85. The monoisotopic (exact) mass is 290 g/mol. The van der Waals surface area contributed by atoms with Gasteiger partial charge in [0, 0.05) is 6.20 Å². The van der Waals surface area contributed by atoms with Crippen molar-refractivity contribution in [3.63, 3.8) is 0 Å². The maximum Gasteiger partial charge on any atom is 0.417 e. The van der Waals surface area contributed by atoms with Crippen molar-refractivity contribution < 1.29 is 13.2 Å². The lowest BCUT2D eigenvalue weighted by Crippen LogP contribution is -2.09. The van der Waals surface area contributed by atoms with Crippen molar-refractivity contribution in [2.75, 3.05) is 5.73 Å². The van der Waals surface area contributed by atoms with Crippen LogP contribution in [0.1, 0.15) is 17.0 Å². The summed E-state index contributed by atoms with van der Waals surface area (Å²) < 4.78 is 38.9. The molecule has 0 aliphatic heterocycles. The smallest absolute Gasteiger partial charge is 0.396 e. The van der Waals surface area contributed by atoms with Crippen LogP contribution in [0.2, 0.25) is 5.02 Å². The number of rotatable bonds is 1. The lowest BCUT2D eigenvalue weighted by molar-refractivity contribution is -0.137. The summed E-state index contributed by atoms with van der Waals surface area (Å²) in [6.07, 6.45) is -3.77. The SMILES string of the molecule is Cc1nn(-c2ncc(C(F)(F)F)cc2Cl)c(C)c1N. The molecule has 0 saturated carbocycles. The van der Waals surface area contributed by atoms with E-state index >= 15 is 0 Å². The predicted octanol–water partition coefficient (Wildman–Crippen LogP) is 3.14. The van der Waals surface area contributed by atoms with Crippen LogP contribution in [-0.2, 0) is 6.18 Å². The number of hydrogen-bond acceptors (Lipinski definition) is 3. The number of alkyl halides is 3. The quantitative estimate of drug-likeness (QED) is 0.878. The molecule has 0 fully saturated rings. The highest BCUT2D eigenvalue weighted by Crippen LogP contribution is 2.32. The third-order valence-corrected chi connectivity index (χ3v) is 2.98. The van der Waals surface area contributed by atoms with E-state index in [4.69, 9.17) is 17.3 Å². The van der Waals surface area contributed by atoms with E-state index in [1.807, 2.05) is 0 Å². The van der Waals surface area contributed by atoms with Crippen molar-refractivity contribution in [2.24, 2.45) is 0 Å². The molecular weight excluding hydrogens is 281 g/mol. The Morgan fingerprint density at radius 2 is 1.95 bits per heavy atom. The molecule has 8 heteroatoms. The van der Waals surface area contributed by atoms with Crippen LogP contribution in [0.5, 0.6) is 0 Å². The van der Waals surface area contributed by atoms with Gasteiger partial charge in [0.1, 0.15) is 0 Å². The third-order valence-electron chi connectivity index (χ3n) is 2.70. The standard InChI is InChI=1S/C11H10ClF3N4/c1-5-9(16)6(2)19(18-5)10-8(12)3-7(4-17-10)11(13,14)15/h3-4H,16H2,1-2H3. The summed E-state index contributed by atoms with van der Waals surface area (Å²) >= 11 is 5.84. The van der Waals surface area contributed by atoms with Crippen LogP contribution >= 0.6 is 11.6 Å². The highest BCUT2D eigenvalue weighted by Gasteiger charge is 2.32. The average Bonchev–Trinajstić information content (AvgIpc) is 2.56. The number of aryl methyl sites for hydroxylation is 1. The lowest BCUT2D eigenvalue weighted by Gasteiger charge is -2.10. The van der Waals surface area contributed by atoms with Crippen molar-refractivity contribution >= 4 is 17.3 Å². The van der Waals surface area contributed by atoms with E-state index in [0.717, 1.165) is 6.07 Å². The molecule has 19 heavy (non-hydrogen) atoms. The van der Waals surface area contributed by atoms with Crippen molar-refractivity contribution in [2.45, 2.75) is 20.0 Å².